The molecule has 0 unspecified atom stereocenters. The number of rotatable bonds is 3. The van der Waals surface area contributed by atoms with Gasteiger partial charge in [0, 0.05) is 4.90 Å². The molecule has 1 N–H and O–H groups in total. The number of carbonyl (C=O) groups excluding carboxylic acids is 1. The second kappa shape index (κ2) is 6.73. The molecule has 0 bridgehead atoms. The second-order valence-corrected chi connectivity index (χ2v) is 7.28. The third kappa shape index (κ3) is 4.01. The summed E-state index contributed by atoms with van der Waals surface area (Å²) < 4.78 is 38.0. The van der Waals surface area contributed by atoms with E-state index < -0.39 is 12.1 Å². The maximum atomic E-state index is 12.7. The van der Waals surface area contributed by atoms with E-state index in [1.807, 2.05) is 29.2 Å². The van der Waals surface area contributed by atoms with Crippen molar-refractivity contribution in [3.63, 3.8) is 0 Å². The molecule has 0 spiro atoms. The van der Waals surface area contributed by atoms with Gasteiger partial charge < -0.3 is 10.2 Å². The maximum Gasteiger partial charge on any atom is 0.391 e. The largest absolute Gasteiger partial charge is 0.391 e. The van der Waals surface area contributed by atoms with Crippen molar-refractivity contribution in [1.29, 1.82) is 0 Å². The summed E-state index contributed by atoms with van der Waals surface area (Å²) in [6, 6.07) is 7.66. The third-order valence-electron chi connectivity index (χ3n) is 4.46. The fourth-order valence-electron chi connectivity index (χ4n) is 3.07. The van der Waals surface area contributed by atoms with Gasteiger partial charge in [0.05, 0.1) is 16.9 Å². The van der Waals surface area contributed by atoms with Gasteiger partial charge in [-0.15, -0.1) is 11.8 Å². The smallest absolute Gasteiger partial charge is 0.324 e. The van der Waals surface area contributed by atoms with Crippen LogP contribution in [0, 0.1) is 5.92 Å². The van der Waals surface area contributed by atoms with Gasteiger partial charge in [0.2, 0.25) is 5.91 Å². The van der Waals surface area contributed by atoms with Crippen LogP contribution in [0.25, 0.3) is 0 Å². The van der Waals surface area contributed by atoms with Crippen molar-refractivity contribution in [3.8, 4) is 0 Å². The number of likely N-dealkylation sites (tertiary alicyclic amines) is 1. The van der Waals surface area contributed by atoms with E-state index in [1.54, 1.807) is 0 Å². The normalized spacial score (nSPS) is 23.4. The van der Waals surface area contributed by atoms with Crippen LogP contribution >= 0.6 is 11.8 Å². The zero-order chi connectivity index (χ0) is 16.4. The van der Waals surface area contributed by atoms with Gasteiger partial charge in [-0.05, 0) is 51.0 Å². The number of hydrogen-bond acceptors (Lipinski definition) is 3. The van der Waals surface area contributed by atoms with Gasteiger partial charge in [-0.25, -0.2) is 0 Å². The molecule has 2 heterocycles. The first-order valence-corrected chi connectivity index (χ1v) is 8.67. The van der Waals surface area contributed by atoms with Gasteiger partial charge in [0.15, 0.2) is 0 Å². The molecule has 2 aliphatic rings. The van der Waals surface area contributed by atoms with Crippen molar-refractivity contribution in [2.24, 2.45) is 5.92 Å². The van der Waals surface area contributed by atoms with Crippen molar-refractivity contribution in [1.82, 2.24) is 4.90 Å². The van der Waals surface area contributed by atoms with E-state index in [0.717, 1.165) is 10.6 Å². The minimum atomic E-state index is -4.07. The molecule has 1 atom stereocenters. The highest BCUT2D eigenvalue weighted by molar-refractivity contribution is 8.01. The van der Waals surface area contributed by atoms with Gasteiger partial charge in [-0.3, -0.25) is 4.79 Å². The van der Waals surface area contributed by atoms with Crippen molar-refractivity contribution in [2.75, 3.05) is 25.0 Å². The molecule has 126 valence electrons. The Bertz CT molecular complexity index is 571. The maximum absolute atomic E-state index is 12.7. The summed E-state index contributed by atoms with van der Waals surface area (Å²) in [6.07, 6.45) is -3.09. The Morgan fingerprint density at radius 3 is 2.61 bits per heavy atom. The third-order valence-corrected chi connectivity index (χ3v) is 5.81. The molecule has 2 aliphatic heterocycles. The first-order valence-electron chi connectivity index (χ1n) is 7.79. The highest BCUT2D eigenvalue weighted by Crippen LogP contribution is 2.37. The average Bonchev–Trinajstić information content (AvgIpc) is 2.52. The summed E-state index contributed by atoms with van der Waals surface area (Å²) in [5.41, 5.74) is 0.838. The lowest BCUT2D eigenvalue weighted by Gasteiger charge is -2.34. The summed E-state index contributed by atoms with van der Waals surface area (Å²) in [5.74, 6) is -1.18. The number of anilines is 1. The number of thioether (sulfide) groups is 1. The number of nitrogens with zero attached hydrogens (tertiary/aromatic N) is 1. The molecule has 0 saturated carbocycles. The van der Waals surface area contributed by atoms with E-state index >= 15 is 0 Å². The summed E-state index contributed by atoms with van der Waals surface area (Å²) in [6.45, 7) is 1.58. The number of carbonyl (C=O) groups is 1. The molecule has 0 radical (unpaired) electrons. The molecule has 1 aromatic rings. The van der Waals surface area contributed by atoms with Crippen LogP contribution in [0.3, 0.4) is 0 Å². The van der Waals surface area contributed by atoms with Crippen LogP contribution in [-0.4, -0.2) is 41.9 Å². The van der Waals surface area contributed by atoms with E-state index in [0.29, 0.717) is 26.1 Å². The van der Waals surface area contributed by atoms with E-state index in [9.17, 15) is 18.0 Å². The molecule has 7 heteroatoms. The van der Waals surface area contributed by atoms with Gasteiger partial charge in [0.25, 0.3) is 0 Å². The fraction of sp³-hybridized carbons (Fsp3) is 0.562. The van der Waals surface area contributed by atoms with E-state index in [2.05, 4.69) is 5.32 Å². The summed E-state index contributed by atoms with van der Waals surface area (Å²) in [7, 11) is 0. The lowest BCUT2D eigenvalue weighted by Crippen LogP contribution is -2.41. The lowest BCUT2D eigenvalue weighted by atomic mass is 9.96. The Balaban J connectivity index is 1.49. The van der Waals surface area contributed by atoms with Crippen LogP contribution in [-0.2, 0) is 4.79 Å². The minimum Gasteiger partial charge on any atom is -0.324 e. The molecular weight excluding hydrogens is 325 g/mol. The van der Waals surface area contributed by atoms with Crippen LogP contribution in [0.2, 0.25) is 0 Å². The molecule has 3 nitrogen and oxygen atoms in total. The molecule has 0 aliphatic carbocycles. The van der Waals surface area contributed by atoms with Gasteiger partial charge in [-0.1, -0.05) is 12.1 Å². The average molecular weight is 344 g/mol. The van der Waals surface area contributed by atoms with Crippen LogP contribution < -0.4 is 5.32 Å². The van der Waals surface area contributed by atoms with Crippen LogP contribution in [0.15, 0.2) is 29.2 Å². The SMILES string of the molecule is O=C1Nc2ccccc2S[C@H]1CCN1CCC(C(F)(F)F)CC1. The van der Waals surface area contributed by atoms with Crippen molar-refractivity contribution in [3.05, 3.63) is 24.3 Å². The lowest BCUT2D eigenvalue weighted by molar-refractivity contribution is -0.185. The van der Waals surface area contributed by atoms with Crippen LogP contribution in [0.1, 0.15) is 19.3 Å². The van der Waals surface area contributed by atoms with Crippen molar-refractivity contribution < 1.29 is 18.0 Å². The molecular formula is C16H19F3N2OS. The first kappa shape index (κ1) is 16.6. The number of hydrogen-bond donors (Lipinski definition) is 1. The van der Waals surface area contributed by atoms with Crippen molar-refractivity contribution in [2.45, 2.75) is 35.6 Å². The zero-order valence-electron chi connectivity index (χ0n) is 12.6. The number of benzene rings is 1. The molecule has 1 fully saturated rings. The number of piperidine rings is 1. The van der Waals surface area contributed by atoms with Gasteiger partial charge in [0.1, 0.15) is 0 Å². The van der Waals surface area contributed by atoms with Gasteiger partial charge in [-0.2, -0.15) is 13.2 Å². The second-order valence-electron chi connectivity index (χ2n) is 6.04. The minimum absolute atomic E-state index is 0.0149. The highest BCUT2D eigenvalue weighted by atomic mass is 32.2. The number of amides is 1. The summed E-state index contributed by atoms with van der Waals surface area (Å²) >= 11 is 1.54. The Morgan fingerprint density at radius 2 is 1.91 bits per heavy atom. The predicted octanol–water partition coefficient (Wildman–Crippen LogP) is 3.76. The van der Waals surface area contributed by atoms with Crippen LogP contribution in [0.4, 0.5) is 18.9 Å². The summed E-state index contributed by atoms with van der Waals surface area (Å²) in [5, 5.41) is 2.72. The van der Waals surface area contributed by atoms with E-state index in [1.165, 1.54) is 11.8 Å². The highest BCUT2D eigenvalue weighted by Gasteiger charge is 2.41. The molecule has 1 saturated heterocycles. The molecule has 1 amide bonds. The molecule has 0 aromatic heterocycles. The summed E-state index contributed by atoms with van der Waals surface area (Å²) in [4.78, 5) is 15.2. The Morgan fingerprint density at radius 1 is 1.22 bits per heavy atom. The molecule has 3 rings (SSSR count). The first-order chi connectivity index (χ1) is 10.9. The fourth-order valence-corrected chi connectivity index (χ4v) is 4.17. The quantitative estimate of drug-likeness (QED) is 0.906. The predicted molar refractivity (Wildman–Crippen MR) is 84.6 cm³/mol. The topological polar surface area (TPSA) is 32.3 Å². The number of fused-ring (bicyclic) bond motifs is 1. The van der Waals surface area contributed by atoms with Gasteiger partial charge >= 0.3 is 6.18 Å². The Labute approximate surface area is 137 Å². The van der Waals surface area contributed by atoms with E-state index in [4.69, 9.17) is 0 Å². The van der Waals surface area contributed by atoms with Crippen molar-refractivity contribution >= 4 is 23.4 Å². The molecule has 23 heavy (non-hydrogen) atoms. The standard InChI is InChI=1S/C16H19F3N2OS/c17-16(18,19)11-5-8-21(9-6-11)10-7-14-15(22)20-12-3-1-2-4-13(12)23-14/h1-4,11,14H,5-10H2,(H,20,22)/t14-/m0/s1. The Hall–Kier alpha value is -1.21. The monoisotopic (exact) mass is 344 g/mol. The molecule has 1 aromatic carbocycles. The number of nitrogens with one attached hydrogen (secondary N) is 1. The van der Waals surface area contributed by atoms with Crippen LogP contribution in [0.5, 0.6) is 0 Å². The van der Waals surface area contributed by atoms with E-state index in [-0.39, 0.29) is 24.0 Å². The number of alkyl halides is 3. The Kier molecular flexibility index (Phi) is 4.87. The number of para-hydroxylation sites is 1. The number of halogens is 3. The zero-order valence-corrected chi connectivity index (χ0v) is 13.4.